The number of hydrogen-bond donors (Lipinski definition) is 1. The standard InChI is InChI=1S/C12H16BrN5S/c1-2-14-7-8-18-12(15-16-17-18)19-9-10-3-5-11(13)6-4-10/h3-6,14H,2,7-9H2,1H3. The smallest absolute Gasteiger partial charge is 0.209 e. The Balaban J connectivity index is 1.88. The summed E-state index contributed by atoms with van der Waals surface area (Å²) in [5, 5.41) is 15.9. The van der Waals surface area contributed by atoms with Crippen LogP contribution in [0.2, 0.25) is 0 Å². The van der Waals surface area contributed by atoms with E-state index in [-0.39, 0.29) is 0 Å². The molecule has 0 radical (unpaired) electrons. The van der Waals surface area contributed by atoms with E-state index in [2.05, 4.69) is 55.8 Å². The maximum Gasteiger partial charge on any atom is 0.209 e. The number of benzene rings is 1. The van der Waals surface area contributed by atoms with Gasteiger partial charge in [0.25, 0.3) is 0 Å². The lowest BCUT2D eigenvalue weighted by molar-refractivity contribution is 0.517. The van der Waals surface area contributed by atoms with Crippen molar-refractivity contribution in [1.82, 2.24) is 25.5 Å². The molecule has 0 unspecified atom stereocenters. The summed E-state index contributed by atoms with van der Waals surface area (Å²) in [4.78, 5) is 0. The average molecular weight is 342 g/mol. The van der Waals surface area contributed by atoms with E-state index >= 15 is 0 Å². The maximum absolute atomic E-state index is 4.06. The van der Waals surface area contributed by atoms with Crippen LogP contribution in [-0.2, 0) is 12.3 Å². The lowest BCUT2D eigenvalue weighted by Gasteiger charge is -2.05. The van der Waals surface area contributed by atoms with Gasteiger partial charge in [-0.05, 0) is 34.7 Å². The summed E-state index contributed by atoms with van der Waals surface area (Å²) in [6.45, 7) is 4.73. The molecule has 0 atom stereocenters. The number of aromatic nitrogens is 4. The minimum atomic E-state index is 0.795. The van der Waals surface area contributed by atoms with Gasteiger partial charge in [-0.1, -0.05) is 46.7 Å². The Hall–Kier alpha value is -0.920. The molecule has 1 N–H and O–H groups in total. The Kier molecular flexibility index (Phi) is 5.81. The van der Waals surface area contributed by atoms with Crippen molar-refractivity contribution in [3.05, 3.63) is 34.3 Å². The first-order chi connectivity index (χ1) is 9.29. The summed E-state index contributed by atoms with van der Waals surface area (Å²) in [6, 6.07) is 8.29. The molecule has 0 fully saturated rings. The first kappa shape index (κ1) is 14.5. The number of nitrogens with one attached hydrogen (secondary N) is 1. The van der Waals surface area contributed by atoms with E-state index in [4.69, 9.17) is 0 Å². The SMILES string of the molecule is CCNCCn1nnnc1SCc1ccc(Br)cc1. The van der Waals surface area contributed by atoms with E-state index in [1.54, 1.807) is 11.8 Å². The summed E-state index contributed by atoms with van der Waals surface area (Å²) >= 11 is 5.09. The predicted octanol–water partition coefficient (Wildman–Crippen LogP) is 2.34. The number of thioether (sulfide) groups is 1. The third-order valence-electron chi connectivity index (χ3n) is 2.53. The van der Waals surface area contributed by atoms with Gasteiger partial charge in [-0.15, -0.1) is 5.10 Å². The second-order valence-corrected chi connectivity index (χ2v) is 5.81. The summed E-state index contributed by atoms with van der Waals surface area (Å²) in [7, 11) is 0. The third kappa shape index (κ3) is 4.59. The van der Waals surface area contributed by atoms with Crippen molar-refractivity contribution in [2.24, 2.45) is 0 Å². The molecular weight excluding hydrogens is 326 g/mol. The van der Waals surface area contributed by atoms with E-state index in [0.717, 1.165) is 35.0 Å². The first-order valence-corrected chi connectivity index (χ1v) is 7.91. The Morgan fingerprint density at radius 1 is 1.32 bits per heavy atom. The summed E-state index contributed by atoms with van der Waals surface area (Å²) in [5.41, 5.74) is 1.26. The zero-order valence-electron chi connectivity index (χ0n) is 10.7. The van der Waals surface area contributed by atoms with E-state index in [1.165, 1.54) is 5.56 Å². The molecule has 0 aliphatic heterocycles. The maximum atomic E-state index is 4.06. The molecule has 0 spiro atoms. The lowest BCUT2D eigenvalue weighted by Crippen LogP contribution is -2.20. The molecule has 0 aliphatic carbocycles. The van der Waals surface area contributed by atoms with Crippen molar-refractivity contribution < 1.29 is 0 Å². The van der Waals surface area contributed by atoms with Gasteiger partial charge in [0, 0.05) is 16.8 Å². The number of nitrogens with zero attached hydrogens (tertiary/aromatic N) is 4. The van der Waals surface area contributed by atoms with Crippen LogP contribution in [0.5, 0.6) is 0 Å². The van der Waals surface area contributed by atoms with Gasteiger partial charge in [-0.3, -0.25) is 0 Å². The zero-order valence-corrected chi connectivity index (χ0v) is 13.1. The van der Waals surface area contributed by atoms with Gasteiger partial charge in [-0.2, -0.15) is 0 Å². The molecule has 0 aliphatic rings. The largest absolute Gasteiger partial charge is 0.315 e. The summed E-state index contributed by atoms with van der Waals surface area (Å²) in [5.74, 6) is 0.870. The van der Waals surface area contributed by atoms with Crippen LogP contribution >= 0.6 is 27.7 Å². The quantitative estimate of drug-likeness (QED) is 0.618. The molecule has 0 saturated heterocycles. The number of likely N-dealkylation sites (N-methyl/N-ethyl adjacent to an activating group) is 1. The molecule has 102 valence electrons. The molecule has 0 bridgehead atoms. The molecule has 5 nitrogen and oxygen atoms in total. The predicted molar refractivity (Wildman–Crippen MR) is 80.1 cm³/mol. The van der Waals surface area contributed by atoms with E-state index < -0.39 is 0 Å². The fourth-order valence-electron chi connectivity index (χ4n) is 1.53. The fourth-order valence-corrected chi connectivity index (χ4v) is 2.65. The molecule has 2 rings (SSSR count). The summed E-state index contributed by atoms with van der Waals surface area (Å²) < 4.78 is 2.93. The molecular formula is C12H16BrN5S. The number of hydrogen-bond acceptors (Lipinski definition) is 5. The highest BCUT2D eigenvalue weighted by molar-refractivity contribution is 9.10. The van der Waals surface area contributed by atoms with E-state index in [9.17, 15) is 0 Å². The summed E-state index contributed by atoms with van der Waals surface area (Å²) in [6.07, 6.45) is 0. The van der Waals surface area contributed by atoms with Crippen LogP contribution in [0.1, 0.15) is 12.5 Å². The van der Waals surface area contributed by atoms with E-state index in [1.807, 2.05) is 16.8 Å². The molecule has 0 saturated carbocycles. The van der Waals surface area contributed by atoms with Crippen molar-refractivity contribution in [3.63, 3.8) is 0 Å². The Morgan fingerprint density at radius 2 is 2.11 bits per heavy atom. The lowest BCUT2D eigenvalue weighted by atomic mass is 10.2. The van der Waals surface area contributed by atoms with Crippen LogP contribution in [0.15, 0.2) is 33.9 Å². The first-order valence-electron chi connectivity index (χ1n) is 6.13. The van der Waals surface area contributed by atoms with Crippen molar-refractivity contribution in [3.8, 4) is 0 Å². The van der Waals surface area contributed by atoms with Crippen LogP contribution in [0, 0.1) is 0 Å². The molecule has 1 heterocycles. The van der Waals surface area contributed by atoms with Crippen LogP contribution < -0.4 is 5.32 Å². The highest BCUT2D eigenvalue weighted by Crippen LogP contribution is 2.21. The minimum Gasteiger partial charge on any atom is -0.315 e. The van der Waals surface area contributed by atoms with Crippen LogP contribution in [-0.4, -0.2) is 33.3 Å². The van der Waals surface area contributed by atoms with E-state index in [0.29, 0.717) is 0 Å². The van der Waals surface area contributed by atoms with Crippen LogP contribution in [0.4, 0.5) is 0 Å². The monoisotopic (exact) mass is 341 g/mol. The second kappa shape index (κ2) is 7.62. The number of rotatable bonds is 7. The number of tetrazole rings is 1. The van der Waals surface area contributed by atoms with Gasteiger partial charge in [0.2, 0.25) is 5.16 Å². The zero-order chi connectivity index (χ0) is 13.5. The van der Waals surface area contributed by atoms with Crippen molar-refractivity contribution >= 4 is 27.7 Å². The molecule has 0 amide bonds. The van der Waals surface area contributed by atoms with Crippen LogP contribution in [0.3, 0.4) is 0 Å². The third-order valence-corrected chi connectivity index (χ3v) is 4.09. The Morgan fingerprint density at radius 3 is 2.84 bits per heavy atom. The molecule has 1 aromatic carbocycles. The van der Waals surface area contributed by atoms with Gasteiger partial charge in [-0.25, -0.2) is 4.68 Å². The average Bonchev–Trinajstić information content (AvgIpc) is 2.86. The van der Waals surface area contributed by atoms with Crippen molar-refractivity contribution in [2.45, 2.75) is 24.4 Å². The highest BCUT2D eigenvalue weighted by atomic mass is 79.9. The molecule has 7 heteroatoms. The van der Waals surface area contributed by atoms with Crippen molar-refractivity contribution in [2.75, 3.05) is 13.1 Å². The molecule has 2 aromatic rings. The highest BCUT2D eigenvalue weighted by Gasteiger charge is 2.06. The second-order valence-electron chi connectivity index (χ2n) is 3.95. The minimum absolute atomic E-state index is 0.795. The van der Waals surface area contributed by atoms with Gasteiger partial charge in [0.1, 0.15) is 0 Å². The Labute approximate surface area is 125 Å². The normalized spacial score (nSPS) is 10.8. The Bertz CT molecular complexity index is 499. The molecule has 19 heavy (non-hydrogen) atoms. The topological polar surface area (TPSA) is 55.6 Å². The van der Waals surface area contributed by atoms with Crippen molar-refractivity contribution in [1.29, 1.82) is 0 Å². The van der Waals surface area contributed by atoms with Gasteiger partial charge >= 0.3 is 0 Å². The van der Waals surface area contributed by atoms with Gasteiger partial charge in [0.05, 0.1) is 6.54 Å². The fraction of sp³-hybridized carbons (Fsp3) is 0.417. The van der Waals surface area contributed by atoms with Crippen LogP contribution in [0.25, 0.3) is 0 Å². The number of halogens is 1. The van der Waals surface area contributed by atoms with Gasteiger partial charge in [0.15, 0.2) is 0 Å². The molecule has 1 aromatic heterocycles. The van der Waals surface area contributed by atoms with Gasteiger partial charge < -0.3 is 5.32 Å².